The highest BCUT2D eigenvalue weighted by molar-refractivity contribution is 6.69. The molecule has 0 aromatic heterocycles. The first kappa shape index (κ1) is 12.3. The predicted molar refractivity (Wildman–Crippen MR) is 42.3 cm³/mol. The molecule has 0 fully saturated rings. The van der Waals surface area contributed by atoms with E-state index in [4.69, 9.17) is 51.7 Å². The van der Waals surface area contributed by atoms with Crippen LogP contribution in [-0.2, 0) is 0 Å². The molecular formula is C4H5Cl4N. The molecule has 0 saturated heterocycles. The largest absolute Gasteiger partial charge is 0.203 e. The quantitative estimate of drug-likeness (QED) is 0.562. The maximum Gasteiger partial charge on any atom is 0.203 e. The third-order valence-electron chi connectivity index (χ3n) is 0.152. The van der Waals surface area contributed by atoms with Crippen LogP contribution in [0.15, 0.2) is 0 Å². The second kappa shape index (κ2) is 6.77. The minimum Gasteiger partial charge on any atom is -0.199 e. The van der Waals surface area contributed by atoms with Gasteiger partial charge in [-0.3, -0.25) is 0 Å². The van der Waals surface area contributed by atoms with E-state index in [1.807, 2.05) is 0 Å². The van der Waals surface area contributed by atoms with Crippen molar-refractivity contribution in [2.45, 2.75) is 10.7 Å². The minimum absolute atomic E-state index is 0.0394. The molecule has 0 aromatic carbocycles. The zero-order valence-electron chi connectivity index (χ0n) is 4.67. The first-order valence-corrected chi connectivity index (χ1v) is 3.58. The zero-order valence-corrected chi connectivity index (χ0v) is 7.69. The Balaban J connectivity index is 0. The van der Waals surface area contributed by atoms with Gasteiger partial charge in [0.25, 0.3) is 0 Å². The van der Waals surface area contributed by atoms with Crippen LogP contribution in [0.2, 0.25) is 0 Å². The number of alkyl halides is 4. The molecule has 0 heterocycles. The predicted octanol–water partition coefficient (Wildman–Crippen LogP) is 3.13. The van der Waals surface area contributed by atoms with Gasteiger partial charge in [0.05, 0.1) is 11.9 Å². The Morgan fingerprint density at radius 3 is 1.56 bits per heavy atom. The molecule has 0 saturated carbocycles. The minimum atomic E-state index is -1.28. The van der Waals surface area contributed by atoms with Gasteiger partial charge in [0, 0.05) is 6.92 Å². The maximum absolute atomic E-state index is 7.32. The van der Waals surface area contributed by atoms with Crippen molar-refractivity contribution >= 4 is 46.4 Å². The summed E-state index contributed by atoms with van der Waals surface area (Å²) < 4.78 is -1.28. The molecule has 0 unspecified atom stereocenters. The third-order valence-corrected chi connectivity index (χ3v) is 1.36. The highest BCUT2D eigenvalue weighted by atomic mass is 35.6. The summed E-state index contributed by atoms with van der Waals surface area (Å²) in [6, 6.07) is 1.75. The highest BCUT2D eigenvalue weighted by Gasteiger charge is 2.16. The summed E-state index contributed by atoms with van der Waals surface area (Å²) in [6.45, 7) is 1.43. The van der Waals surface area contributed by atoms with E-state index in [0.717, 1.165) is 0 Å². The summed E-state index contributed by atoms with van der Waals surface area (Å²) in [5.41, 5.74) is 0. The Labute approximate surface area is 74.4 Å². The molecule has 0 aliphatic heterocycles. The van der Waals surface area contributed by atoms with E-state index in [9.17, 15) is 0 Å². The van der Waals surface area contributed by atoms with E-state index < -0.39 is 3.79 Å². The number of halogens is 4. The summed E-state index contributed by atoms with van der Waals surface area (Å²) in [4.78, 5) is 0. The van der Waals surface area contributed by atoms with Crippen LogP contribution in [-0.4, -0.2) is 9.67 Å². The van der Waals surface area contributed by atoms with Gasteiger partial charge in [-0.25, -0.2) is 0 Å². The van der Waals surface area contributed by atoms with Gasteiger partial charge in [-0.05, 0) is 0 Å². The number of hydrogen-bond acceptors (Lipinski definition) is 1. The SMILES string of the molecule is CC#N.ClCC(Cl)(Cl)Cl. The second-order valence-electron chi connectivity index (χ2n) is 0.972. The number of hydrogen-bond donors (Lipinski definition) is 0. The molecule has 0 N–H and O–H groups in total. The topological polar surface area (TPSA) is 23.8 Å². The molecule has 0 aromatic rings. The van der Waals surface area contributed by atoms with E-state index in [-0.39, 0.29) is 5.88 Å². The summed E-state index contributed by atoms with van der Waals surface area (Å²) in [5, 5.41) is 7.32. The van der Waals surface area contributed by atoms with E-state index in [0.29, 0.717) is 0 Å². The van der Waals surface area contributed by atoms with E-state index >= 15 is 0 Å². The van der Waals surface area contributed by atoms with Crippen molar-refractivity contribution in [3.05, 3.63) is 0 Å². The number of nitrogens with zero attached hydrogens (tertiary/aromatic N) is 1. The molecule has 0 aliphatic rings. The Kier molecular flexibility index (Phi) is 9.27. The van der Waals surface area contributed by atoms with Crippen molar-refractivity contribution in [3.8, 4) is 6.07 Å². The van der Waals surface area contributed by atoms with E-state index in [2.05, 4.69) is 0 Å². The van der Waals surface area contributed by atoms with Gasteiger partial charge < -0.3 is 0 Å². The average Bonchev–Trinajstić information content (AvgIpc) is 1.67. The fourth-order valence-corrected chi connectivity index (χ4v) is 0. The van der Waals surface area contributed by atoms with Gasteiger partial charge >= 0.3 is 0 Å². The lowest BCUT2D eigenvalue weighted by Crippen LogP contribution is -2.01. The van der Waals surface area contributed by atoms with Crippen LogP contribution in [0, 0.1) is 11.3 Å². The van der Waals surface area contributed by atoms with Crippen LogP contribution in [0.3, 0.4) is 0 Å². The van der Waals surface area contributed by atoms with Crippen LogP contribution < -0.4 is 0 Å². The molecule has 9 heavy (non-hydrogen) atoms. The molecule has 54 valence electrons. The highest BCUT2D eigenvalue weighted by Crippen LogP contribution is 2.26. The van der Waals surface area contributed by atoms with E-state index in [1.54, 1.807) is 6.07 Å². The lowest BCUT2D eigenvalue weighted by Gasteiger charge is -2.00. The first-order chi connectivity index (χ1) is 3.97. The van der Waals surface area contributed by atoms with Crippen LogP contribution in [0.5, 0.6) is 0 Å². The summed E-state index contributed by atoms with van der Waals surface area (Å²) >= 11 is 20.4. The first-order valence-electron chi connectivity index (χ1n) is 1.91. The van der Waals surface area contributed by atoms with Gasteiger partial charge in [0.15, 0.2) is 0 Å². The number of nitriles is 1. The van der Waals surface area contributed by atoms with E-state index in [1.165, 1.54) is 6.92 Å². The van der Waals surface area contributed by atoms with Crippen molar-refractivity contribution in [2.24, 2.45) is 0 Å². The fourth-order valence-electron chi connectivity index (χ4n) is 0. The van der Waals surface area contributed by atoms with Crippen LogP contribution >= 0.6 is 46.4 Å². The zero-order chi connectivity index (χ0) is 7.91. The van der Waals surface area contributed by atoms with Gasteiger partial charge in [0.1, 0.15) is 0 Å². The van der Waals surface area contributed by atoms with Crippen LogP contribution in [0.1, 0.15) is 6.92 Å². The molecule has 0 rings (SSSR count). The van der Waals surface area contributed by atoms with Crippen molar-refractivity contribution in [3.63, 3.8) is 0 Å². The Hall–Kier alpha value is 0.650. The number of rotatable bonds is 0. The van der Waals surface area contributed by atoms with Gasteiger partial charge in [0.2, 0.25) is 3.79 Å². The lowest BCUT2D eigenvalue weighted by atomic mass is 10.9. The van der Waals surface area contributed by atoms with Crippen LogP contribution in [0.4, 0.5) is 0 Å². The van der Waals surface area contributed by atoms with Gasteiger partial charge in [-0.2, -0.15) is 5.26 Å². The molecule has 1 nitrogen and oxygen atoms in total. The lowest BCUT2D eigenvalue weighted by molar-refractivity contribution is 1.28. The molecule has 0 radical (unpaired) electrons. The molecular weight excluding hydrogens is 204 g/mol. The average molecular weight is 209 g/mol. The van der Waals surface area contributed by atoms with Gasteiger partial charge in [-0.15, -0.1) is 11.6 Å². The fraction of sp³-hybridized carbons (Fsp3) is 0.750. The van der Waals surface area contributed by atoms with Crippen molar-refractivity contribution in [2.75, 3.05) is 5.88 Å². The Morgan fingerprint density at radius 2 is 1.56 bits per heavy atom. The molecule has 5 heteroatoms. The molecule has 0 amide bonds. The van der Waals surface area contributed by atoms with Crippen molar-refractivity contribution in [1.82, 2.24) is 0 Å². The molecule has 0 aliphatic carbocycles. The molecule has 0 spiro atoms. The van der Waals surface area contributed by atoms with Crippen molar-refractivity contribution in [1.29, 1.82) is 5.26 Å². The standard InChI is InChI=1S/C2H2Cl4.C2H3N/c3-1-2(4,5)6;1-2-3/h1H2;1H3. The molecule has 0 bridgehead atoms. The monoisotopic (exact) mass is 207 g/mol. The summed E-state index contributed by atoms with van der Waals surface area (Å²) in [5.74, 6) is 0.0394. The van der Waals surface area contributed by atoms with Gasteiger partial charge in [-0.1, -0.05) is 34.8 Å². The molecule has 0 atom stereocenters. The normalized spacial score (nSPS) is 8.89. The smallest absolute Gasteiger partial charge is 0.199 e. The summed E-state index contributed by atoms with van der Waals surface area (Å²) in [7, 11) is 0. The third kappa shape index (κ3) is 28.7. The second-order valence-corrected chi connectivity index (χ2v) is 3.76. The Bertz CT molecular complexity index is 89.7. The van der Waals surface area contributed by atoms with Crippen molar-refractivity contribution < 1.29 is 0 Å². The van der Waals surface area contributed by atoms with Crippen LogP contribution in [0.25, 0.3) is 0 Å². The summed E-state index contributed by atoms with van der Waals surface area (Å²) in [6.07, 6.45) is 0. The Morgan fingerprint density at radius 1 is 1.44 bits per heavy atom. The maximum atomic E-state index is 7.32.